The van der Waals surface area contributed by atoms with Crippen LogP contribution < -0.4 is 0 Å². The lowest BCUT2D eigenvalue weighted by molar-refractivity contribution is 0.282. The molecule has 0 aromatic heterocycles. The molecule has 1 aliphatic rings. The molecule has 1 aromatic carbocycles. The number of allylic oxidation sites excluding steroid dienone is 2. The van der Waals surface area contributed by atoms with E-state index in [2.05, 4.69) is 32.9 Å². The second kappa shape index (κ2) is 4.06. The Kier molecular flexibility index (Phi) is 2.90. The molecule has 1 heteroatoms. The Hall–Kier alpha value is -1.08. The summed E-state index contributed by atoms with van der Waals surface area (Å²) in [6, 6.07) is 8.38. The molecule has 0 unspecified atom stereocenters. The molecule has 0 saturated heterocycles. The number of benzene rings is 1. The van der Waals surface area contributed by atoms with Gasteiger partial charge in [-0.05, 0) is 37.8 Å². The molecule has 0 saturated carbocycles. The van der Waals surface area contributed by atoms with Crippen LogP contribution in [0.5, 0.6) is 0 Å². The van der Waals surface area contributed by atoms with Gasteiger partial charge in [-0.2, -0.15) is 0 Å². The van der Waals surface area contributed by atoms with Gasteiger partial charge in [-0.3, -0.25) is 0 Å². The topological polar surface area (TPSA) is 20.2 Å². The van der Waals surface area contributed by atoms with E-state index in [9.17, 15) is 0 Å². The van der Waals surface area contributed by atoms with Gasteiger partial charge in [0.1, 0.15) is 0 Å². The van der Waals surface area contributed by atoms with Crippen LogP contribution in [0.3, 0.4) is 0 Å². The van der Waals surface area contributed by atoms with Crippen molar-refractivity contribution in [2.75, 3.05) is 0 Å². The fourth-order valence-corrected chi connectivity index (χ4v) is 2.62. The molecule has 0 aliphatic heterocycles. The summed E-state index contributed by atoms with van der Waals surface area (Å²) >= 11 is 0. The SMILES string of the molecule is CC1=C(C)[C@@](C)(c2ccc(CO)cc2)CC1. The fraction of sp³-hybridized carbons (Fsp3) is 0.467. The highest BCUT2D eigenvalue weighted by molar-refractivity contribution is 5.41. The molecule has 0 heterocycles. The van der Waals surface area contributed by atoms with E-state index in [-0.39, 0.29) is 12.0 Å². The van der Waals surface area contributed by atoms with E-state index in [1.807, 2.05) is 12.1 Å². The molecule has 16 heavy (non-hydrogen) atoms. The van der Waals surface area contributed by atoms with E-state index < -0.39 is 0 Å². The zero-order valence-corrected chi connectivity index (χ0v) is 10.4. The first-order valence-electron chi connectivity index (χ1n) is 5.95. The molecular weight excluding hydrogens is 196 g/mol. The largest absolute Gasteiger partial charge is 0.392 e. The van der Waals surface area contributed by atoms with Crippen molar-refractivity contribution in [3.8, 4) is 0 Å². The summed E-state index contributed by atoms with van der Waals surface area (Å²) in [6.45, 7) is 6.95. The van der Waals surface area contributed by atoms with Crippen molar-refractivity contribution in [2.45, 2.75) is 45.6 Å². The van der Waals surface area contributed by atoms with Crippen LogP contribution in [0.15, 0.2) is 35.4 Å². The van der Waals surface area contributed by atoms with Gasteiger partial charge >= 0.3 is 0 Å². The number of rotatable bonds is 2. The maximum atomic E-state index is 9.04. The van der Waals surface area contributed by atoms with Gasteiger partial charge in [-0.25, -0.2) is 0 Å². The average Bonchev–Trinajstić information content (AvgIpc) is 2.59. The molecule has 1 N–H and O–H groups in total. The first kappa shape index (κ1) is 11.4. The van der Waals surface area contributed by atoms with E-state index in [1.165, 1.54) is 29.6 Å². The monoisotopic (exact) mass is 216 g/mol. The summed E-state index contributed by atoms with van der Waals surface area (Å²) < 4.78 is 0. The van der Waals surface area contributed by atoms with Gasteiger partial charge in [0.25, 0.3) is 0 Å². The first-order valence-corrected chi connectivity index (χ1v) is 5.95. The molecule has 1 aliphatic carbocycles. The van der Waals surface area contributed by atoms with Crippen molar-refractivity contribution in [2.24, 2.45) is 0 Å². The molecule has 86 valence electrons. The maximum absolute atomic E-state index is 9.04. The van der Waals surface area contributed by atoms with Crippen LogP contribution >= 0.6 is 0 Å². The van der Waals surface area contributed by atoms with Crippen molar-refractivity contribution in [1.82, 2.24) is 0 Å². The summed E-state index contributed by atoms with van der Waals surface area (Å²) in [5.74, 6) is 0. The van der Waals surface area contributed by atoms with Gasteiger partial charge in [0.05, 0.1) is 6.61 Å². The Morgan fingerprint density at radius 1 is 1.19 bits per heavy atom. The number of aliphatic hydroxyl groups excluding tert-OH is 1. The molecule has 0 amide bonds. The predicted molar refractivity (Wildman–Crippen MR) is 67.3 cm³/mol. The number of hydrogen-bond acceptors (Lipinski definition) is 1. The van der Waals surface area contributed by atoms with Crippen LogP contribution in [-0.2, 0) is 12.0 Å². The summed E-state index contributed by atoms with van der Waals surface area (Å²) in [6.07, 6.45) is 2.42. The lowest BCUT2D eigenvalue weighted by Gasteiger charge is -2.27. The van der Waals surface area contributed by atoms with Gasteiger partial charge in [0, 0.05) is 5.41 Å². The molecular formula is C15H20O. The van der Waals surface area contributed by atoms with Gasteiger partial charge in [0.15, 0.2) is 0 Å². The highest BCUT2D eigenvalue weighted by Crippen LogP contribution is 2.44. The van der Waals surface area contributed by atoms with Crippen molar-refractivity contribution in [3.05, 3.63) is 46.5 Å². The van der Waals surface area contributed by atoms with Crippen LogP contribution in [0.1, 0.15) is 44.7 Å². The molecule has 0 spiro atoms. The standard InChI is InChI=1S/C15H20O/c1-11-8-9-15(3,12(11)2)14-6-4-13(10-16)5-7-14/h4-7,16H,8-10H2,1-3H3/t15-/m0/s1. The van der Waals surface area contributed by atoms with Crippen LogP contribution in [0.25, 0.3) is 0 Å². The third kappa shape index (κ3) is 1.69. The predicted octanol–water partition coefficient (Wildman–Crippen LogP) is 3.57. The highest BCUT2D eigenvalue weighted by atomic mass is 16.3. The minimum atomic E-state index is 0.130. The zero-order valence-electron chi connectivity index (χ0n) is 10.4. The minimum Gasteiger partial charge on any atom is -0.392 e. The van der Waals surface area contributed by atoms with Crippen molar-refractivity contribution < 1.29 is 5.11 Å². The summed E-state index contributed by atoms with van der Waals surface area (Å²) in [4.78, 5) is 0. The quantitative estimate of drug-likeness (QED) is 0.749. The smallest absolute Gasteiger partial charge is 0.0681 e. The molecule has 0 bridgehead atoms. The molecule has 1 atom stereocenters. The molecule has 2 rings (SSSR count). The van der Waals surface area contributed by atoms with E-state index in [1.54, 1.807) is 0 Å². The van der Waals surface area contributed by atoms with Gasteiger partial charge in [-0.1, -0.05) is 42.3 Å². The second-order valence-corrected chi connectivity index (χ2v) is 5.09. The molecule has 0 fully saturated rings. The van der Waals surface area contributed by atoms with Crippen molar-refractivity contribution >= 4 is 0 Å². The fourth-order valence-electron chi connectivity index (χ4n) is 2.62. The van der Waals surface area contributed by atoms with Gasteiger partial charge < -0.3 is 5.11 Å². The Morgan fingerprint density at radius 2 is 1.81 bits per heavy atom. The van der Waals surface area contributed by atoms with Crippen LogP contribution in [0.4, 0.5) is 0 Å². The number of hydrogen-bond donors (Lipinski definition) is 1. The highest BCUT2D eigenvalue weighted by Gasteiger charge is 2.33. The Bertz CT molecular complexity index is 414. The van der Waals surface area contributed by atoms with E-state index >= 15 is 0 Å². The lowest BCUT2D eigenvalue weighted by atomic mass is 9.77. The third-order valence-electron chi connectivity index (χ3n) is 4.24. The Morgan fingerprint density at radius 3 is 2.25 bits per heavy atom. The zero-order chi connectivity index (χ0) is 11.8. The van der Waals surface area contributed by atoms with E-state index in [0.29, 0.717) is 0 Å². The first-order chi connectivity index (χ1) is 7.58. The van der Waals surface area contributed by atoms with Crippen molar-refractivity contribution in [1.29, 1.82) is 0 Å². The lowest BCUT2D eigenvalue weighted by Crippen LogP contribution is -2.19. The second-order valence-electron chi connectivity index (χ2n) is 5.09. The average molecular weight is 216 g/mol. The molecule has 0 radical (unpaired) electrons. The van der Waals surface area contributed by atoms with Crippen molar-refractivity contribution in [3.63, 3.8) is 0 Å². The maximum Gasteiger partial charge on any atom is 0.0681 e. The van der Waals surface area contributed by atoms with Crippen LogP contribution in [0.2, 0.25) is 0 Å². The van der Waals surface area contributed by atoms with E-state index in [0.717, 1.165) is 5.56 Å². The normalized spacial score (nSPS) is 25.2. The van der Waals surface area contributed by atoms with Gasteiger partial charge in [0.2, 0.25) is 0 Å². The molecule has 1 aromatic rings. The van der Waals surface area contributed by atoms with Crippen LogP contribution in [-0.4, -0.2) is 5.11 Å². The minimum absolute atomic E-state index is 0.130. The summed E-state index contributed by atoms with van der Waals surface area (Å²) in [5, 5.41) is 9.04. The molecule has 1 nitrogen and oxygen atoms in total. The Balaban J connectivity index is 2.37. The number of aliphatic hydroxyl groups is 1. The third-order valence-corrected chi connectivity index (χ3v) is 4.24. The van der Waals surface area contributed by atoms with Crippen LogP contribution in [0, 0.1) is 0 Å². The Labute approximate surface area is 97.8 Å². The summed E-state index contributed by atoms with van der Waals surface area (Å²) in [7, 11) is 0. The van der Waals surface area contributed by atoms with E-state index in [4.69, 9.17) is 5.11 Å². The van der Waals surface area contributed by atoms with Gasteiger partial charge in [-0.15, -0.1) is 0 Å². The summed E-state index contributed by atoms with van der Waals surface area (Å²) in [5.41, 5.74) is 5.62.